The second-order valence-electron chi connectivity index (χ2n) is 3.81. The van der Waals surface area contributed by atoms with Crippen LogP contribution < -0.4 is 10.6 Å². The lowest BCUT2D eigenvalue weighted by Crippen LogP contribution is -2.41. The third kappa shape index (κ3) is 2.70. The van der Waals surface area contributed by atoms with Crippen LogP contribution in [0.15, 0.2) is 36.9 Å². The first-order chi connectivity index (χ1) is 7.57. The lowest BCUT2D eigenvalue weighted by Gasteiger charge is -2.22. The van der Waals surface area contributed by atoms with Crippen molar-refractivity contribution in [2.75, 3.05) is 11.9 Å². The monoisotopic (exact) mass is 218 g/mol. The Bertz CT molecular complexity index is 387. The van der Waals surface area contributed by atoms with E-state index in [-0.39, 0.29) is 5.91 Å². The Morgan fingerprint density at radius 1 is 1.56 bits per heavy atom. The van der Waals surface area contributed by atoms with Crippen molar-refractivity contribution in [2.24, 2.45) is 5.73 Å². The van der Waals surface area contributed by atoms with Crippen LogP contribution in [0.25, 0.3) is 0 Å². The van der Waals surface area contributed by atoms with Crippen molar-refractivity contribution >= 4 is 11.6 Å². The van der Waals surface area contributed by atoms with E-state index in [0.717, 1.165) is 11.3 Å². The summed E-state index contributed by atoms with van der Waals surface area (Å²) in [5.41, 5.74) is 7.71. The molecule has 1 aromatic carbocycles. The number of anilines is 1. The van der Waals surface area contributed by atoms with Gasteiger partial charge >= 0.3 is 0 Å². The van der Waals surface area contributed by atoms with Gasteiger partial charge in [0.15, 0.2) is 0 Å². The highest BCUT2D eigenvalue weighted by Crippen LogP contribution is 2.18. The SMILES string of the molecule is C=CCC(N)C(=O)N(C)c1ccccc1C. The molecule has 86 valence electrons. The molecule has 2 N–H and O–H groups in total. The Hall–Kier alpha value is -1.61. The predicted molar refractivity (Wildman–Crippen MR) is 67.4 cm³/mol. The molecule has 0 radical (unpaired) electrons. The zero-order chi connectivity index (χ0) is 12.1. The summed E-state index contributed by atoms with van der Waals surface area (Å²) in [5, 5.41) is 0. The first-order valence-electron chi connectivity index (χ1n) is 5.27. The fraction of sp³-hybridized carbons (Fsp3) is 0.308. The van der Waals surface area contributed by atoms with E-state index in [0.29, 0.717) is 6.42 Å². The first kappa shape index (κ1) is 12.5. The molecule has 1 unspecified atom stereocenters. The molecule has 0 fully saturated rings. The number of para-hydroxylation sites is 1. The molecular weight excluding hydrogens is 200 g/mol. The van der Waals surface area contributed by atoms with Gasteiger partial charge in [-0.25, -0.2) is 0 Å². The van der Waals surface area contributed by atoms with E-state index in [1.807, 2.05) is 31.2 Å². The Kier molecular flexibility index (Phi) is 4.26. The Morgan fingerprint density at radius 2 is 2.19 bits per heavy atom. The van der Waals surface area contributed by atoms with Crippen molar-refractivity contribution in [1.29, 1.82) is 0 Å². The molecular formula is C13H18N2O. The van der Waals surface area contributed by atoms with E-state index in [4.69, 9.17) is 5.73 Å². The zero-order valence-electron chi connectivity index (χ0n) is 9.81. The molecule has 1 rings (SSSR count). The van der Waals surface area contributed by atoms with Crippen LogP contribution in [0, 0.1) is 6.92 Å². The number of hydrogen-bond acceptors (Lipinski definition) is 2. The molecule has 0 heterocycles. The van der Waals surface area contributed by atoms with Crippen LogP contribution in [-0.4, -0.2) is 19.0 Å². The molecule has 16 heavy (non-hydrogen) atoms. The zero-order valence-corrected chi connectivity index (χ0v) is 9.81. The Balaban J connectivity index is 2.86. The summed E-state index contributed by atoms with van der Waals surface area (Å²) in [5.74, 6) is -0.0887. The van der Waals surface area contributed by atoms with Crippen molar-refractivity contribution in [1.82, 2.24) is 0 Å². The Morgan fingerprint density at radius 3 is 2.75 bits per heavy atom. The van der Waals surface area contributed by atoms with Gasteiger partial charge in [-0.2, -0.15) is 0 Å². The van der Waals surface area contributed by atoms with Gasteiger partial charge in [0.1, 0.15) is 0 Å². The molecule has 1 amide bonds. The summed E-state index contributed by atoms with van der Waals surface area (Å²) >= 11 is 0. The molecule has 3 nitrogen and oxygen atoms in total. The van der Waals surface area contributed by atoms with Gasteiger partial charge in [0, 0.05) is 12.7 Å². The number of hydrogen-bond donors (Lipinski definition) is 1. The number of nitrogens with two attached hydrogens (primary N) is 1. The fourth-order valence-corrected chi connectivity index (χ4v) is 1.59. The van der Waals surface area contributed by atoms with Crippen molar-refractivity contribution in [3.63, 3.8) is 0 Å². The van der Waals surface area contributed by atoms with Crippen LogP contribution in [0.5, 0.6) is 0 Å². The molecule has 1 aromatic rings. The molecule has 0 spiro atoms. The minimum Gasteiger partial charge on any atom is -0.320 e. The maximum absolute atomic E-state index is 11.9. The molecule has 0 saturated carbocycles. The summed E-state index contributed by atoms with van der Waals surface area (Å²) in [6.45, 7) is 5.55. The van der Waals surface area contributed by atoms with Crippen LogP contribution in [0.2, 0.25) is 0 Å². The number of nitrogens with zero attached hydrogens (tertiary/aromatic N) is 1. The minimum absolute atomic E-state index is 0.0887. The van der Waals surface area contributed by atoms with Gasteiger partial charge in [-0.05, 0) is 25.0 Å². The molecule has 0 bridgehead atoms. The highest BCUT2D eigenvalue weighted by atomic mass is 16.2. The topological polar surface area (TPSA) is 46.3 Å². The quantitative estimate of drug-likeness (QED) is 0.784. The number of rotatable bonds is 4. The van der Waals surface area contributed by atoms with E-state index in [2.05, 4.69) is 6.58 Å². The third-order valence-corrected chi connectivity index (χ3v) is 2.55. The van der Waals surface area contributed by atoms with Crippen LogP contribution in [0.1, 0.15) is 12.0 Å². The number of amides is 1. The lowest BCUT2D eigenvalue weighted by molar-refractivity contribution is -0.119. The summed E-state index contributed by atoms with van der Waals surface area (Å²) in [4.78, 5) is 13.5. The van der Waals surface area contributed by atoms with Crippen LogP contribution >= 0.6 is 0 Å². The van der Waals surface area contributed by atoms with Gasteiger partial charge in [0.05, 0.1) is 6.04 Å². The normalized spacial score (nSPS) is 11.9. The average molecular weight is 218 g/mol. The molecule has 0 saturated heterocycles. The molecule has 0 aliphatic carbocycles. The highest BCUT2D eigenvalue weighted by Gasteiger charge is 2.18. The molecule has 0 aliphatic heterocycles. The fourth-order valence-electron chi connectivity index (χ4n) is 1.59. The van der Waals surface area contributed by atoms with Gasteiger partial charge in [-0.15, -0.1) is 6.58 Å². The van der Waals surface area contributed by atoms with E-state index in [9.17, 15) is 4.79 Å². The predicted octanol–water partition coefficient (Wildman–Crippen LogP) is 1.86. The van der Waals surface area contributed by atoms with Crippen LogP contribution in [-0.2, 0) is 4.79 Å². The number of carbonyl (C=O) groups excluding carboxylic acids is 1. The molecule has 3 heteroatoms. The number of benzene rings is 1. The highest BCUT2D eigenvalue weighted by molar-refractivity contribution is 5.97. The second-order valence-corrected chi connectivity index (χ2v) is 3.81. The number of likely N-dealkylation sites (N-methyl/N-ethyl adjacent to an activating group) is 1. The van der Waals surface area contributed by atoms with E-state index < -0.39 is 6.04 Å². The third-order valence-electron chi connectivity index (χ3n) is 2.55. The van der Waals surface area contributed by atoms with Gasteiger partial charge < -0.3 is 10.6 Å². The maximum Gasteiger partial charge on any atom is 0.243 e. The van der Waals surface area contributed by atoms with Crippen LogP contribution in [0.4, 0.5) is 5.69 Å². The summed E-state index contributed by atoms with van der Waals surface area (Å²) in [6, 6.07) is 7.22. The van der Waals surface area contributed by atoms with Crippen molar-refractivity contribution in [3.05, 3.63) is 42.5 Å². The lowest BCUT2D eigenvalue weighted by atomic mass is 10.1. The van der Waals surface area contributed by atoms with E-state index in [1.54, 1.807) is 18.0 Å². The largest absolute Gasteiger partial charge is 0.320 e. The minimum atomic E-state index is -0.512. The summed E-state index contributed by atoms with van der Waals surface area (Å²) in [6.07, 6.45) is 2.16. The van der Waals surface area contributed by atoms with Gasteiger partial charge in [-0.3, -0.25) is 4.79 Å². The first-order valence-corrected chi connectivity index (χ1v) is 5.27. The molecule has 0 aromatic heterocycles. The van der Waals surface area contributed by atoms with Gasteiger partial charge in [-0.1, -0.05) is 24.3 Å². The maximum atomic E-state index is 11.9. The second kappa shape index (κ2) is 5.47. The summed E-state index contributed by atoms with van der Waals surface area (Å²) in [7, 11) is 1.74. The number of carbonyl (C=O) groups is 1. The number of aryl methyl sites for hydroxylation is 1. The molecule has 0 aliphatic rings. The van der Waals surface area contributed by atoms with Gasteiger partial charge in [0.25, 0.3) is 0 Å². The van der Waals surface area contributed by atoms with Crippen molar-refractivity contribution in [3.8, 4) is 0 Å². The standard InChI is InChI=1S/C13H18N2O/c1-4-7-11(14)13(16)15(3)12-9-6-5-8-10(12)2/h4-6,8-9,11H,1,7,14H2,2-3H3. The van der Waals surface area contributed by atoms with Crippen LogP contribution in [0.3, 0.4) is 0 Å². The van der Waals surface area contributed by atoms with Crippen molar-refractivity contribution < 1.29 is 4.79 Å². The van der Waals surface area contributed by atoms with Crippen molar-refractivity contribution in [2.45, 2.75) is 19.4 Å². The summed E-state index contributed by atoms with van der Waals surface area (Å²) < 4.78 is 0. The smallest absolute Gasteiger partial charge is 0.243 e. The van der Waals surface area contributed by atoms with E-state index >= 15 is 0 Å². The Labute approximate surface area is 96.6 Å². The van der Waals surface area contributed by atoms with E-state index in [1.165, 1.54) is 0 Å². The van der Waals surface area contributed by atoms with Gasteiger partial charge in [0.2, 0.25) is 5.91 Å². The average Bonchev–Trinajstić information content (AvgIpc) is 2.28. The molecule has 1 atom stereocenters.